The van der Waals surface area contributed by atoms with Crippen LogP contribution in [0.5, 0.6) is 0 Å². The zero-order valence-corrected chi connectivity index (χ0v) is 18.0. The summed E-state index contributed by atoms with van der Waals surface area (Å²) in [7, 11) is 2.20. The highest BCUT2D eigenvalue weighted by Gasteiger charge is 2.12. The van der Waals surface area contributed by atoms with Crippen molar-refractivity contribution in [2.45, 2.75) is 26.2 Å². The van der Waals surface area contributed by atoms with Crippen LogP contribution in [-0.2, 0) is 6.42 Å². The lowest BCUT2D eigenvalue weighted by Crippen LogP contribution is -2.44. The molecule has 0 unspecified atom stereocenters. The van der Waals surface area contributed by atoms with Gasteiger partial charge in [0.2, 0.25) is 0 Å². The molecule has 25 heavy (non-hydrogen) atoms. The summed E-state index contributed by atoms with van der Waals surface area (Å²) in [5.41, 5.74) is 0. The van der Waals surface area contributed by atoms with E-state index in [1.807, 2.05) is 12.1 Å². The van der Waals surface area contributed by atoms with Gasteiger partial charge in [0.25, 0.3) is 0 Å². The highest BCUT2D eigenvalue weighted by Crippen LogP contribution is 2.02. The van der Waals surface area contributed by atoms with Crippen LogP contribution < -0.4 is 10.6 Å². The molecule has 1 aromatic rings. The van der Waals surface area contributed by atoms with E-state index in [0.717, 1.165) is 44.2 Å². The van der Waals surface area contributed by atoms with Crippen molar-refractivity contribution in [1.82, 2.24) is 20.4 Å². The molecule has 0 amide bonds. The summed E-state index contributed by atoms with van der Waals surface area (Å²) in [4.78, 5) is 9.63. The monoisotopic (exact) mass is 463 g/mol. The number of rotatable bonds is 9. The Morgan fingerprint density at radius 2 is 2.00 bits per heavy atom. The Balaban J connectivity index is 0.00000312. The number of aliphatic imine (C=N–C) groups is 1. The first kappa shape index (κ1) is 22.2. The second-order valence-electron chi connectivity index (χ2n) is 6.37. The lowest BCUT2D eigenvalue weighted by atomic mass is 10.2. The molecular formula is C18H34IN5O. The molecule has 6 nitrogen and oxygen atoms in total. The van der Waals surface area contributed by atoms with Gasteiger partial charge in [-0.25, -0.2) is 0 Å². The van der Waals surface area contributed by atoms with Crippen molar-refractivity contribution in [2.75, 3.05) is 59.4 Å². The summed E-state index contributed by atoms with van der Waals surface area (Å²) in [6.07, 6.45) is 4.95. The largest absolute Gasteiger partial charge is 0.469 e. The standard InChI is InChI=1S/C18H33N5O.HI/c1-3-19-18(21-10-8-17-7-6-16-24-17)20-9-4-5-11-23-14-12-22(2)13-15-23;/h6-7,16H,3-5,8-15H2,1-2H3,(H2,19,20,21);1H. The van der Waals surface area contributed by atoms with Crippen LogP contribution in [0.2, 0.25) is 0 Å². The third kappa shape index (κ3) is 9.46. The number of furan rings is 1. The Hall–Kier alpha value is -0.800. The van der Waals surface area contributed by atoms with Gasteiger partial charge in [-0.1, -0.05) is 0 Å². The van der Waals surface area contributed by atoms with Gasteiger partial charge in [0.15, 0.2) is 5.96 Å². The van der Waals surface area contributed by atoms with Gasteiger partial charge in [-0.05, 0) is 45.5 Å². The minimum Gasteiger partial charge on any atom is -0.469 e. The van der Waals surface area contributed by atoms with E-state index in [9.17, 15) is 0 Å². The summed E-state index contributed by atoms with van der Waals surface area (Å²) in [5, 5.41) is 6.67. The van der Waals surface area contributed by atoms with Crippen molar-refractivity contribution in [2.24, 2.45) is 4.99 Å². The van der Waals surface area contributed by atoms with E-state index in [4.69, 9.17) is 4.42 Å². The second-order valence-corrected chi connectivity index (χ2v) is 6.37. The molecule has 0 aromatic carbocycles. The molecule has 1 aromatic heterocycles. The maximum atomic E-state index is 5.34. The molecule has 1 aliphatic rings. The van der Waals surface area contributed by atoms with Crippen LogP contribution in [-0.4, -0.2) is 75.2 Å². The van der Waals surface area contributed by atoms with Crippen molar-refractivity contribution >= 4 is 29.9 Å². The summed E-state index contributed by atoms with van der Waals surface area (Å²) in [6, 6.07) is 3.93. The Morgan fingerprint density at radius 3 is 2.68 bits per heavy atom. The molecule has 0 bridgehead atoms. The number of likely N-dealkylation sites (N-methyl/N-ethyl adjacent to an activating group) is 1. The van der Waals surface area contributed by atoms with Gasteiger partial charge in [-0.2, -0.15) is 0 Å². The Bertz CT molecular complexity index is 458. The van der Waals surface area contributed by atoms with Gasteiger partial charge in [-0.15, -0.1) is 24.0 Å². The van der Waals surface area contributed by atoms with Crippen LogP contribution in [0, 0.1) is 0 Å². The molecular weight excluding hydrogens is 429 g/mol. The predicted molar refractivity (Wildman–Crippen MR) is 115 cm³/mol. The summed E-state index contributed by atoms with van der Waals surface area (Å²) in [6.45, 7) is 10.7. The molecule has 2 N–H and O–H groups in total. The molecule has 0 radical (unpaired) electrons. The quantitative estimate of drug-likeness (QED) is 0.254. The maximum Gasteiger partial charge on any atom is 0.191 e. The van der Waals surface area contributed by atoms with Crippen molar-refractivity contribution in [1.29, 1.82) is 0 Å². The molecule has 0 atom stereocenters. The number of piperazine rings is 1. The number of hydrogen-bond donors (Lipinski definition) is 2. The summed E-state index contributed by atoms with van der Waals surface area (Å²) >= 11 is 0. The fourth-order valence-electron chi connectivity index (χ4n) is 2.81. The van der Waals surface area contributed by atoms with E-state index in [2.05, 4.69) is 39.4 Å². The molecule has 0 saturated carbocycles. The zero-order chi connectivity index (χ0) is 17.0. The SMILES string of the molecule is CCNC(=NCCCCN1CCN(C)CC1)NCCc1ccco1.I. The minimum atomic E-state index is 0. The van der Waals surface area contributed by atoms with Crippen LogP contribution in [0.1, 0.15) is 25.5 Å². The zero-order valence-electron chi connectivity index (χ0n) is 15.7. The molecule has 144 valence electrons. The highest BCUT2D eigenvalue weighted by atomic mass is 127. The summed E-state index contributed by atoms with van der Waals surface area (Å²) < 4.78 is 5.34. The van der Waals surface area contributed by atoms with Crippen LogP contribution in [0.4, 0.5) is 0 Å². The number of guanidine groups is 1. The van der Waals surface area contributed by atoms with Crippen molar-refractivity contribution in [3.05, 3.63) is 24.2 Å². The van der Waals surface area contributed by atoms with E-state index >= 15 is 0 Å². The number of hydrogen-bond acceptors (Lipinski definition) is 4. The fourth-order valence-corrected chi connectivity index (χ4v) is 2.81. The first-order chi connectivity index (χ1) is 11.8. The van der Waals surface area contributed by atoms with E-state index in [1.54, 1.807) is 6.26 Å². The molecule has 0 spiro atoms. The van der Waals surface area contributed by atoms with Crippen molar-refractivity contribution < 1.29 is 4.42 Å². The second kappa shape index (κ2) is 13.4. The molecule has 1 fully saturated rings. The Kier molecular flexibility index (Phi) is 11.9. The third-order valence-corrected chi connectivity index (χ3v) is 4.34. The molecule has 1 aliphatic heterocycles. The highest BCUT2D eigenvalue weighted by molar-refractivity contribution is 14.0. The molecule has 1 saturated heterocycles. The topological polar surface area (TPSA) is 56.0 Å². The predicted octanol–water partition coefficient (Wildman–Crippen LogP) is 2.02. The van der Waals surface area contributed by atoms with Gasteiger partial charge in [-0.3, -0.25) is 4.99 Å². The average Bonchev–Trinajstić information content (AvgIpc) is 3.09. The summed E-state index contributed by atoms with van der Waals surface area (Å²) in [5.74, 6) is 1.91. The first-order valence-corrected chi connectivity index (χ1v) is 9.23. The number of unbranched alkanes of at least 4 members (excludes halogenated alkanes) is 1. The van der Waals surface area contributed by atoms with Gasteiger partial charge in [0.05, 0.1) is 6.26 Å². The molecule has 0 aliphatic carbocycles. The first-order valence-electron chi connectivity index (χ1n) is 9.23. The lowest BCUT2D eigenvalue weighted by molar-refractivity contribution is 0.152. The van der Waals surface area contributed by atoms with Crippen molar-refractivity contribution in [3.63, 3.8) is 0 Å². The van der Waals surface area contributed by atoms with E-state index < -0.39 is 0 Å². The van der Waals surface area contributed by atoms with Gasteiger partial charge >= 0.3 is 0 Å². The number of nitrogens with one attached hydrogen (secondary N) is 2. The van der Waals surface area contributed by atoms with E-state index in [0.29, 0.717) is 0 Å². The van der Waals surface area contributed by atoms with Crippen molar-refractivity contribution in [3.8, 4) is 0 Å². The minimum absolute atomic E-state index is 0. The smallest absolute Gasteiger partial charge is 0.191 e. The van der Waals surface area contributed by atoms with Crippen LogP contribution >= 0.6 is 24.0 Å². The maximum absolute atomic E-state index is 5.34. The van der Waals surface area contributed by atoms with Crippen LogP contribution in [0.25, 0.3) is 0 Å². The average molecular weight is 463 g/mol. The van der Waals surface area contributed by atoms with Gasteiger partial charge in [0, 0.05) is 52.2 Å². The molecule has 7 heteroatoms. The number of halogens is 1. The number of nitrogens with zero attached hydrogens (tertiary/aromatic N) is 3. The van der Waals surface area contributed by atoms with E-state index in [-0.39, 0.29) is 24.0 Å². The Labute approximate surface area is 169 Å². The third-order valence-electron chi connectivity index (χ3n) is 4.34. The Morgan fingerprint density at radius 1 is 1.20 bits per heavy atom. The normalized spacial score (nSPS) is 16.5. The van der Waals surface area contributed by atoms with Gasteiger partial charge in [0.1, 0.15) is 5.76 Å². The molecule has 2 heterocycles. The van der Waals surface area contributed by atoms with Gasteiger partial charge < -0.3 is 24.9 Å². The van der Waals surface area contributed by atoms with Crippen LogP contribution in [0.3, 0.4) is 0 Å². The van der Waals surface area contributed by atoms with E-state index in [1.165, 1.54) is 39.1 Å². The fraction of sp³-hybridized carbons (Fsp3) is 0.722. The van der Waals surface area contributed by atoms with Crippen LogP contribution in [0.15, 0.2) is 27.8 Å². The molecule has 2 rings (SSSR count). The lowest BCUT2D eigenvalue weighted by Gasteiger charge is -2.32.